The van der Waals surface area contributed by atoms with Gasteiger partial charge in [0.05, 0.1) is 6.61 Å². The molecule has 1 atom stereocenters. The Morgan fingerprint density at radius 1 is 0.971 bits per heavy atom. The Balaban J connectivity index is 3.09. The van der Waals surface area contributed by atoms with Crippen LogP contribution in [0, 0.1) is 23.7 Å². The molecule has 5 heteroatoms. The maximum Gasteiger partial charge on any atom is 0.192 e. The highest BCUT2D eigenvalue weighted by molar-refractivity contribution is 6.74. The number of unbranched alkanes of at least 4 members (excludes halogenated alkanes) is 4. The third-order valence-electron chi connectivity index (χ3n) is 6.33. The SMILES string of the molecule is COCCCCC#C/C(=C\c1ccccc1CO[Si](C)(C)C(C)(C)C)C(O)C#CCCCCOC. The fourth-order valence-electron chi connectivity index (χ4n) is 2.96. The Hall–Kier alpha value is -1.86. The Morgan fingerprint density at radius 3 is 2.17 bits per heavy atom. The van der Waals surface area contributed by atoms with Gasteiger partial charge in [0.15, 0.2) is 8.32 Å². The van der Waals surface area contributed by atoms with Gasteiger partial charge in [0.25, 0.3) is 0 Å². The van der Waals surface area contributed by atoms with Gasteiger partial charge < -0.3 is 19.0 Å². The van der Waals surface area contributed by atoms with Crippen LogP contribution in [0.1, 0.15) is 70.4 Å². The molecule has 0 saturated heterocycles. The van der Waals surface area contributed by atoms with Crippen LogP contribution in [0.3, 0.4) is 0 Å². The summed E-state index contributed by atoms with van der Waals surface area (Å²) in [5, 5.41) is 11.0. The molecule has 1 aromatic rings. The van der Waals surface area contributed by atoms with Gasteiger partial charge >= 0.3 is 0 Å². The van der Waals surface area contributed by atoms with E-state index in [0.717, 1.165) is 62.9 Å². The molecule has 35 heavy (non-hydrogen) atoms. The lowest BCUT2D eigenvalue weighted by Crippen LogP contribution is -2.40. The summed E-state index contributed by atoms with van der Waals surface area (Å²) in [6, 6.07) is 8.17. The van der Waals surface area contributed by atoms with E-state index in [1.54, 1.807) is 14.2 Å². The Bertz CT molecular complexity index is 891. The summed E-state index contributed by atoms with van der Waals surface area (Å²) in [5.74, 6) is 12.5. The molecule has 194 valence electrons. The standard InChI is InChI=1S/C30H46O4Si/c1-30(2,3)35(6,7)34-25-28-20-15-14-18-26(28)24-27(19-12-8-10-16-22-32-4)29(31)21-13-9-11-17-23-33-5/h14-15,18,20,24,29,31H,8-11,16-17,22-23,25H2,1-7H3/b27-24+. The molecule has 0 radical (unpaired) electrons. The molecule has 0 bridgehead atoms. The van der Waals surface area contributed by atoms with Gasteiger partial charge in [0.1, 0.15) is 6.10 Å². The molecule has 0 amide bonds. The number of hydrogen-bond acceptors (Lipinski definition) is 4. The van der Waals surface area contributed by atoms with Gasteiger partial charge in [0, 0.05) is 45.8 Å². The van der Waals surface area contributed by atoms with E-state index in [1.165, 1.54) is 0 Å². The minimum absolute atomic E-state index is 0.145. The van der Waals surface area contributed by atoms with Gasteiger partial charge in [0.2, 0.25) is 0 Å². The summed E-state index contributed by atoms with van der Waals surface area (Å²) in [6.07, 6.45) is 6.39. The van der Waals surface area contributed by atoms with Crippen LogP contribution in [-0.4, -0.2) is 47.0 Å². The van der Waals surface area contributed by atoms with Crippen molar-refractivity contribution in [3.63, 3.8) is 0 Å². The quantitative estimate of drug-likeness (QED) is 0.189. The molecule has 1 unspecified atom stereocenters. The summed E-state index contributed by atoms with van der Waals surface area (Å²) in [7, 11) is 1.53. The second-order valence-corrected chi connectivity index (χ2v) is 15.1. The number of hydrogen-bond donors (Lipinski definition) is 1. The molecule has 4 nitrogen and oxygen atoms in total. The zero-order valence-electron chi connectivity index (χ0n) is 23.0. The van der Waals surface area contributed by atoms with E-state index in [1.807, 2.05) is 18.2 Å². The molecule has 1 rings (SSSR count). The van der Waals surface area contributed by atoms with Crippen LogP contribution in [0.5, 0.6) is 0 Å². The first-order valence-electron chi connectivity index (χ1n) is 12.7. The molecule has 0 saturated carbocycles. The highest BCUT2D eigenvalue weighted by atomic mass is 28.4. The summed E-state index contributed by atoms with van der Waals surface area (Å²) in [4.78, 5) is 0. The first kappa shape index (κ1) is 31.2. The second-order valence-electron chi connectivity index (χ2n) is 10.3. The van der Waals surface area contributed by atoms with Crippen LogP contribution in [0.2, 0.25) is 18.1 Å². The largest absolute Gasteiger partial charge is 0.413 e. The molecule has 0 aromatic heterocycles. The van der Waals surface area contributed by atoms with E-state index in [0.29, 0.717) is 12.2 Å². The molecule has 1 N–H and O–H groups in total. The van der Waals surface area contributed by atoms with Crippen molar-refractivity contribution in [2.45, 2.75) is 90.1 Å². The zero-order valence-corrected chi connectivity index (χ0v) is 24.0. The Kier molecular flexibility index (Phi) is 14.9. The second kappa shape index (κ2) is 16.7. The fraction of sp³-hybridized carbons (Fsp3) is 0.600. The average molecular weight is 499 g/mol. The van der Waals surface area contributed by atoms with E-state index < -0.39 is 14.4 Å². The lowest BCUT2D eigenvalue weighted by Gasteiger charge is -2.36. The van der Waals surface area contributed by atoms with E-state index in [-0.39, 0.29) is 5.04 Å². The number of aliphatic hydroxyl groups is 1. The third kappa shape index (κ3) is 12.6. The molecule has 0 aliphatic rings. The van der Waals surface area contributed by atoms with Crippen LogP contribution in [0.25, 0.3) is 6.08 Å². The van der Waals surface area contributed by atoms with Crippen molar-refractivity contribution >= 4 is 14.4 Å². The van der Waals surface area contributed by atoms with E-state index in [4.69, 9.17) is 13.9 Å². The molecule has 1 aromatic carbocycles. The first-order chi connectivity index (χ1) is 16.6. The number of benzene rings is 1. The predicted octanol–water partition coefficient (Wildman–Crippen LogP) is 6.59. The van der Waals surface area contributed by atoms with Crippen molar-refractivity contribution in [3.05, 3.63) is 41.0 Å². The number of ether oxygens (including phenoxy) is 2. The van der Waals surface area contributed by atoms with Crippen molar-refractivity contribution in [2.75, 3.05) is 27.4 Å². The van der Waals surface area contributed by atoms with Gasteiger partial charge in [-0.1, -0.05) is 62.8 Å². The fourth-order valence-corrected chi connectivity index (χ4v) is 3.91. The zero-order chi connectivity index (χ0) is 26.2. The monoisotopic (exact) mass is 498 g/mol. The van der Waals surface area contributed by atoms with Crippen LogP contribution in [0.15, 0.2) is 29.8 Å². The Morgan fingerprint density at radius 2 is 1.57 bits per heavy atom. The molecule has 0 fully saturated rings. The highest BCUT2D eigenvalue weighted by Crippen LogP contribution is 2.37. The van der Waals surface area contributed by atoms with Crippen LogP contribution >= 0.6 is 0 Å². The van der Waals surface area contributed by atoms with Crippen LogP contribution in [-0.2, 0) is 20.5 Å². The van der Waals surface area contributed by atoms with Crippen molar-refractivity contribution in [2.24, 2.45) is 0 Å². The highest BCUT2D eigenvalue weighted by Gasteiger charge is 2.37. The summed E-state index contributed by atoms with van der Waals surface area (Å²) in [5.41, 5.74) is 2.73. The summed E-state index contributed by atoms with van der Waals surface area (Å²) in [6.45, 7) is 13.3. The van der Waals surface area contributed by atoms with Gasteiger partial charge in [-0.05, 0) is 61.0 Å². The number of aliphatic hydroxyl groups excluding tert-OH is 1. The minimum Gasteiger partial charge on any atom is -0.413 e. The normalized spacial score (nSPS) is 13.0. The van der Waals surface area contributed by atoms with E-state index in [2.05, 4.69) is 69.7 Å². The first-order valence-corrected chi connectivity index (χ1v) is 15.6. The van der Waals surface area contributed by atoms with Gasteiger partial charge in [-0.2, -0.15) is 0 Å². The molecular formula is C30H46O4Si. The Labute approximate surface area is 215 Å². The molecular weight excluding hydrogens is 452 g/mol. The molecule has 0 spiro atoms. The van der Waals surface area contributed by atoms with Crippen molar-refractivity contribution in [3.8, 4) is 23.7 Å². The smallest absolute Gasteiger partial charge is 0.192 e. The van der Waals surface area contributed by atoms with Gasteiger partial charge in [-0.15, -0.1) is 5.92 Å². The average Bonchev–Trinajstić information content (AvgIpc) is 2.81. The molecule has 0 aliphatic heterocycles. The summed E-state index contributed by atoms with van der Waals surface area (Å²) >= 11 is 0. The summed E-state index contributed by atoms with van der Waals surface area (Å²) < 4.78 is 16.7. The molecule has 0 aliphatic carbocycles. The van der Waals surface area contributed by atoms with Crippen LogP contribution < -0.4 is 0 Å². The van der Waals surface area contributed by atoms with Crippen molar-refractivity contribution < 1.29 is 19.0 Å². The minimum atomic E-state index is -1.88. The third-order valence-corrected chi connectivity index (χ3v) is 10.8. The van der Waals surface area contributed by atoms with Gasteiger partial charge in [-0.3, -0.25) is 0 Å². The van der Waals surface area contributed by atoms with E-state index in [9.17, 15) is 5.11 Å². The maximum absolute atomic E-state index is 10.9. The number of rotatable bonds is 13. The van der Waals surface area contributed by atoms with Gasteiger partial charge in [-0.25, -0.2) is 0 Å². The topological polar surface area (TPSA) is 47.9 Å². The van der Waals surface area contributed by atoms with Crippen molar-refractivity contribution in [1.82, 2.24) is 0 Å². The van der Waals surface area contributed by atoms with Crippen molar-refractivity contribution in [1.29, 1.82) is 0 Å². The maximum atomic E-state index is 10.9. The number of methoxy groups -OCH3 is 2. The van der Waals surface area contributed by atoms with Crippen LogP contribution in [0.4, 0.5) is 0 Å². The van der Waals surface area contributed by atoms with E-state index >= 15 is 0 Å². The molecule has 0 heterocycles. The lowest BCUT2D eigenvalue weighted by atomic mass is 10.0. The lowest BCUT2D eigenvalue weighted by molar-refractivity contribution is 0.193. The predicted molar refractivity (Wildman–Crippen MR) is 149 cm³/mol.